The summed E-state index contributed by atoms with van der Waals surface area (Å²) in [6.07, 6.45) is 1.71. The molecule has 0 saturated carbocycles. The first-order valence-corrected chi connectivity index (χ1v) is 6.41. The van der Waals surface area contributed by atoms with Crippen LogP contribution in [-0.4, -0.2) is 22.9 Å². The second-order valence-electron chi connectivity index (χ2n) is 3.86. The summed E-state index contributed by atoms with van der Waals surface area (Å²) in [6, 6.07) is 7.20. The van der Waals surface area contributed by atoms with Crippen molar-refractivity contribution in [1.82, 2.24) is 9.97 Å². The third-order valence-corrected chi connectivity index (χ3v) is 3.39. The number of nitrogen functional groups attached to an aromatic ring is 1. The number of nitrogens with zero attached hydrogens (tertiary/aromatic N) is 2. The molecule has 1 aromatic heterocycles. The van der Waals surface area contributed by atoms with Crippen molar-refractivity contribution in [2.45, 2.75) is 17.0 Å². The lowest BCUT2D eigenvalue weighted by Gasteiger charge is -2.09. The van der Waals surface area contributed by atoms with E-state index in [9.17, 15) is 0 Å². The van der Waals surface area contributed by atoms with E-state index in [-0.39, 0.29) is 5.84 Å². The van der Waals surface area contributed by atoms with Gasteiger partial charge < -0.3 is 10.5 Å². The topological polar surface area (TPSA) is 84.9 Å². The van der Waals surface area contributed by atoms with Crippen molar-refractivity contribution in [3.05, 3.63) is 41.7 Å². The Kier molecular flexibility index (Phi) is 4.01. The van der Waals surface area contributed by atoms with Gasteiger partial charge >= 0.3 is 0 Å². The van der Waals surface area contributed by atoms with E-state index in [1.807, 2.05) is 19.1 Å². The highest BCUT2D eigenvalue weighted by Crippen LogP contribution is 2.31. The largest absolute Gasteiger partial charge is 0.497 e. The van der Waals surface area contributed by atoms with Crippen LogP contribution >= 0.6 is 11.8 Å². The lowest BCUT2D eigenvalue weighted by Crippen LogP contribution is -2.12. The zero-order valence-electron chi connectivity index (χ0n) is 10.7. The van der Waals surface area contributed by atoms with E-state index in [0.717, 1.165) is 10.6 Å². The van der Waals surface area contributed by atoms with Crippen molar-refractivity contribution in [3.8, 4) is 5.75 Å². The molecule has 0 fully saturated rings. The Morgan fingerprint density at radius 1 is 1.37 bits per heavy atom. The monoisotopic (exact) mass is 274 g/mol. The van der Waals surface area contributed by atoms with E-state index in [0.29, 0.717) is 16.5 Å². The van der Waals surface area contributed by atoms with Crippen LogP contribution in [-0.2, 0) is 0 Å². The zero-order valence-corrected chi connectivity index (χ0v) is 11.5. The molecule has 98 valence electrons. The first-order valence-electron chi connectivity index (χ1n) is 5.60. The van der Waals surface area contributed by atoms with Gasteiger partial charge in [0.25, 0.3) is 0 Å². The van der Waals surface area contributed by atoms with Gasteiger partial charge in [0.2, 0.25) is 0 Å². The quantitative estimate of drug-likeness (QED) is 0.507. The Morgan fingerprint density at radius 3 is 2.79 bits per heavy atom. The Balaban J connectivity index is 2.39. The Hall–Kier alpha value is -2.08. The molecule has 0 aliphatic heterocycles. The summed E-state index contributed by atoms with van der Waals surface area (Å²) < 4.78 is 5.19. The van der Waals surface area contributed by atoms with Gasteiger partial charge in [-0.05, 0) is 43.0 Å². The maximum atomic E-state index is 7.59. The highest BCUT2D eigenvalue weighted by atomic mass is 32.2. The van der Waals surface area contributed by atoms with E-state index in [1.165, 1.54) is 11.8 Å². The first-order chi connectivity index (χ1) is 9.10. The van der Waals surface area contributed by atoms with Crippen LogP contribution in [0.2, 0.25) is 0 Å². The van der Waals surface area contributed by atoms with Crippen LogP contribution in [0.1, 0.15) is 11.3 Å². The molecule has 0 atom stereocenters. The van der Waals surface area contributed by atoms with Crippen LogP contribution in [0.25, 0.3) is 0 Å². The highest BCUT2D eigenvalue weighted by molar-refractivity contribution is 7.99. The number of ether oxygens (including phenoxy) is 1. The fourth-order valence-corrected chi connectivity index (χ4v) is 2.47. The summed E-state index contributed by atoms with van der Waals surface area (Å²) >= 11 is 1.36. The number of methoxy groups -OCH3 is 1. The zero-order chi connectivity index (χ0) is 13.8. The molecule has 1 aromatic carbocycles. The number of hydrogen-bond acceptors (Lipinski definition) is 5. The predicted molar refractivity (Wildman–Crippen MR) is 74.9 cm³/mol. The van der Waals surface area contributed by atoms with E-state index in [2.05, 4.69) is 9.97 Å². The van der Waals surface area contributed by atoms with Crippen molar-refractivity contribution in [1.29, 1.82) is 5.41 Å². The fraction of sp³-hybridized carbons (Fsp3) is 0.154. The van der Waals surface area contributed by atoms with E-state index in [1.54, 1.807) is 25.4 Å². The Labute approximate surface area is 115 Å². The SMILES string of the molecule is COc1ccc(C(=N)N)c(Sc2nccc(C)n2)c1. The van der Waals surface area contributed by atoms with E-state index < -0.39 is 0 Å². The maximum absolute atomic E-state index is 7.59. The molecule has 19 heavy (non-hydrogen) atoms. The van der Waals surface area contributed by atoms with Crippen molar-refractivity contribution < 1.29 is 4.74 Å². The number of aryl methyl sites for hydroxylation is 1. The molecule has 0 unspecified atom stereocenters. The fourth-order valence-electron chi connectivity index (χ4n) is 1.51. The molecule has 0 saturated heterocycles. The van der Waals surface area contributed by atoms with Crippen molar-refractivity contribution >= 4 is 17.6 Å². The number of rotatable bonds is 4. The number of benzene rings is 1. The summed E-state index contributed by atoms with van der Waals surface area (Å²) in [5.74, 6) is 0.720. The Morgan fingerprint density at radius 2 is 2.16 bits per heavy atom. The van der Waals surface area contributed by atoms with Gasteiger partial charge in [0.05, 0.1) is 7.11 Å². The summed E-state index contributed by atoms with van der Waals surface area (Å²) in [6.45, 7) is 1.91. The van der Waals surface area contributed by atoms with E-state index in [4.69, 9.17) is 15.9 Å². The molecular formula is C13H14N4OS. The summed E-state index contributed by atoms with van der Waals surface area (Å²) in [5.41, 5.74) is 7.12. The molecule has 3 N–H and O–H groups in total. The molecule has 1 heterocycles. The van der Waals surface area contributed by atoms with Gasteiger partial charge in [-0.2, -0.15) is 0 Å². The lowest BCUT2D eigenvalue weighted by atomic mass is 10.2. The number of amidine groups is 1. The van der Waals surface area contributed by atoms with Gasteiger partial charge in [0.1, 0.15) is 11.6 Å². The lowest BCUT2D eigenvalue weighted by molar-refractivity contribution is 0.413. The number of nitrogens with two attached hydrogens (primary N) is 1. The number of aromatic nitrogens is 2. The third kappa shape index (κ3) is 3.23. The van der Waals surface area contributed by atoms with Gasteiger partial charge in [-0.25, -0.2) is 9.97 Å². The third-order valence-electron chi connectivity index (χ3n) is 2.45. The van der Waals surface area contributed by atoms with Gasteiger partial charge in [0.15, 0.2) is 5.16 Å². The number of hydrogen-bond donors (Lipinski definition) is 2. The van der Waals surface area contributed by atoms with Crippen molar-refractivity contribution in [2.75, 3.05) is 7.11 Å². The summed E-state index contributed by atoms with van der Waals surface area (Å²) in [4.78, 5) is 9.32. The van der Waals surface area contributed by atoms with Gasteiger partial charge in [-0.1, -0.05) is 0 Å². The smallest absolute Gasteiger partial charge is 0.192 e. The molecule has 0 spiro atoms. The standard InChI is InChI=1S/C13H14N4OS/c1-8-5-6-16-13(17-8)19-11-7-9(18-2)3-4-10(11)12(14)15/h3-7H,1-2H3,(H3,14,15). The second-order valence-corrected chi connectivity index (χ2v) is 4.87. The minimum Gasteiger partial charge on any atom is -0.497 e. The van der Waals surface area contributed by atoms with Gasteiger partial charge in [0, 0.05) is 22.3 Å². The molecule has 0 aliphatic carbocycles. The molecule has 0 bridgehead atoms. The second kappa shape index (κ2) is 5.71. The molecule has 0 aliphatic rings. The average Bonchev–Trinajstić information content (AvgIpc) is 2.38. The summed E-state index contributed by atoms with van der Waals surface area (Å²) in [5, 5.41) is 8.22. The molecule has 0 radical (unpaired) electrons. The van der Waals surface area contributed by atoms with Gasteiger partial charge in [-0.15, -0.1) is 0 Å². The molecule has 0 amide bonds. The van der Waals surface area contributed by atoms with Crippen LogP contribution in [0.5, 0.6) is 5.75 Å². The molecule has 2 aromatic rings. The molecule has 5 nitrogen and oxygen atoms in total. The van der Waals surface area contributed by atoms with Crippen LogP contribution in [0, 0.1) is 12.3 Å². The molecule has 6 heteroatoms. The molecular weight excluding hydrogens is 260 g/mol. The van der Waals surface area contributed by atoms with Gasteiger partial charge in [-0.3, -0.25) is 5.41 Å². The minimum absolute atomic E-state index is 0.0119. The summed E-state index contributed by atoms with van der Waals surface area (Å²) in [7, 11) is 1.60. The van der Waals surface area contributed by atoms with Crippen molar-refractivity contribution in [3.63, 3.8) is 0 Å². The predicted octanol–water partition coefficient (Wildman–Crippen LogP) is 2.23. The average molecular weight is 274 g/mol. The van der Waals surface area contributed by atoms with Crippen LogP contribution < -0.4 is 10.5 Å². The Bertz CT molecular complexity index is 615. The first kappa shape index (κ1) is 13.4. The minimum atomic E-state index is 0.0119. The molecule has 2 rings (SSSR count). The van der Waals surface area contributed by atoms with E-state index >= 15 is 0 Å². The van der Waals surface area contributed by atoms with Crippen LogP contribution in [0.3, 0.4) is 0 Å². The van der Waals surface area contributed by atoms with Crippen molar-refractivity contribution in [2.24, 2.45) is 5.73 Å². The number of nitrogens with one attached hydrogen (secondary N) is 1. The maximum Gasteiger partial charge on any atom is 0.192 e. The highest BCUT2D eigenvalue weighted by Gasteiger charge is 2.10. The van der Waals surface area contributed by atoms with Crippen LogP contribution in [0.4, 0.5) is 0 Å². The normalized spacial score (nSPS) is 10.2. The van der Waals surface area contributed by atoms with Crippen LogP contribution in [0.15, 0.2) is 40.5 Å².